The lowest BCUT2D eigenvalue weighted by Crippen LogP contribution is -2.57. The van der Waals surface area contributed by atoms with E-state index in [1.54, 1.807) is 0 Å². The van der Waals surface area contributed by atoms with Crippen molar-refractivity contribution in [3.63, 3.8) is 0 Å². The maximum Gasteiger partial charge on any atom is 0.189 e. The second-order valence-electron chi connectivity index (χ2n) is 7.52. The van der Waals surface area contributed by atoms with E-state index in [4.69, 9.17) is 21.1 Å². The summed E-state index contributed by atoms with van der Waals surface area (Å²) >= 11 is 5.92. The molecule has 3 atom stereocenters. The Balaban J connectivity index is 1.97. The monoisotopic (exact) mass is 458 g/mol. The number of aliphatic hydroxyl groups is 1. The molecule has 0 aliphatic carbocycles. The van der Waals surface area contributed by atoms with Crippen molar-refractivity contribution in [1.29, 1.82) is 0 Å². The van der Waals surface area contributed by atoms with Crippen LogP contribution in [0.1, 0.15) is 24.8 Å². The van der Waals surface area contributed by atoms with Crippen LogP contribution in [0.25, 0.3) is 0 Å². The molecule has 2 aromatic carbocycles. The first-order chi connectivity index (χ1) is 14.3. The summed E-state index contributed by atoms with van der Waals surface area (Å²) in [6, 6.07) is 7.49. The topological polar surface area (TPSA) is 72.8 Å². The normalized spacial score (nSPS) is 25.9. The van der Waals surface area contributed by atoms with E-state index >= 15 is 4.39 Å². The fourth-order valence-corrected chi connectivity index (χ4v) is 7.10. The van der Waals surface area contributed by atoms with Crippen LogP contribution in [-0.4, -0.2) is 39.4 Å². The first-order valence-corrected chi connectivity index (χ1v) is 11.5. The van der Waals surface area contributed by atoms with Gasteiger partial charge in [-0.25, -0.2) is 17.2 Å². The smallest absolute Gasteiger partial charge is 0.189 e. The Kier molecular flexibility index (Phi) is 5.78. The summed E-state index contributed by atoms with van der Waals surface area (Å²) in [7, 11) is -4.20. The molecular weight excluding hydrogens is 438 g/mol. The highest BCUT2D eigenvalue weighted by atomic mass is 35.5. The number of ether oxygens (including phenoxy) is 2. The van der Waals surface area contributed by atoms with Crippen LogP contribution in [0.3, 0.4) is 0 Å². The van der Waals surface area contributed by atoms with Crippen molar-refractivity contribution in [2.75, 3.05) is 19.8 Å². The van der Waals surface area contributed by atoms with E-state index in [0.29, 0.717) is 17.9 Å². The van der Waals surface area contributed by atoms with Crippen molar-refractivity contribution < 1.29 is 31.8 Å². The lowest BCUT2D eigenvalue weighted by Gasteiger charge is -2.50. The molecule has 0 bridgehead atoms. The van der Waals surface area contributed by atoms with Crippen LogP contribution < -0.4 is 4.74 Å². The van der Waals surface area contributed by atoms with Crippen LogP contribution in [0, 0.1) is 17.6 Å². The van der Waals surface area contributed by atoms with Gasteiger partial charge in [-0.05, 0) is 55.7 Å². The Labute approximate surface area is 178 Å². The van der Waals surface area contributed by atoms with Gasteiger partial charge in [0, 0.05) is 24.2 Å². The standard InChI is InChI=1S/C21H21ClF2O5S/c22-13-3-5-14(6-4-13)30(26,27)21-9-11-28-18(2-1-10-25)15(21)12-29-20-17(24)8-7-16(23)19(20)21/h3-8,15,18,25H,1-2,9-12H2/t15-,18-,21-/m0/s1. The molecule has 1 fully saturated rings. The third-order valence-electron chi connectivity index (χ3n) is 5.99. The Bertz CT molecular complexity index is 1040. The van der Waals surface area contributed by atoms with Crippen LogP contribution in [0.2, 0.25) is 5.02 Å². The molecule has 2 aliphatic rings. The van der Waals surface area contributed by atoms with Crippen molar-refractivity contribution >= 4 is 21.4 Å². The van der Waals surface area contributed by atoms with Crippen LogP contribution in [0.15, 0.2) is 41.3 Å². The molecule has 1 N–H and O–H groups in total. The van der Waals surface area contributed by atoms with E-state index in [1.807, 2.05) is 0 Å². The highest BCUT2D eigenvalue weighted by molar-refractivity contribution is 7.92. The minimum Gasteiger partial charge on any atom is -0.490 e. The second kappa shape index (κ2) is 8.07. The molecule has 0 aromatic heterocycles. The van der Waals surface area contributed by atoms with Crippen LogP contribution >= 0.6 is 11.6 Å². The number of fused-ring (bicyclic) bond motifs is 3. The summed E-state index contributed by atoms with van der Waals surface area (Å²) in [6.07, 6.45) is 0.115. The third kappa shape index (κ3) is 3.21. The highest BCUT2D eigenvalue weighted by Crippen LogP contribution is 2.55. The molecule has 2 aliphatic heterocycles. The summed E-state index contributed by atoms with van der Waals surface area (Å²) in [4.78, 5) is -0.0313. The minimum absolute atomic E-state index is 0.0313. The summed E-state index contributed by atoms with van der Waals surface area (Å²) in [6.45, 7) is -0.185. The zero-order valence-electron chi connectivity index (χ0n) is 16.0. The molecule has 1 saturated heterocycles. The number of hydrogen-bond donors (Lipinski definition) is 1. The molecule has 5 nitrogen and oxygen atoms in total. The molecular formula is C21H21ClF2O5S. The van der Waals surface area contributed by atoms with Crippen molar-refractivity contribution in [2.24, 2.45) is 5.92 Å². The van der Waals surface area contributed by atoms with Crippen LogP contribution in [0.4, 0.5) is 8.78 Å². The molecule has 162 valence electrons. The zero-order valence-corrected chi connectivity index (χ0v) is 17.6. The lowest BCUT2D eigenvalue weighted by atomic mass is 9.75. The average Bonchev–Trinajstić information content (AvgIpc) is 2.74. The number of halogens is 3. The van der Waals surface area contributed by atoms with Gasteiger partial charge in [-0.15, -0.1) is 0 Å². The fourth-order valence-electron chi connectivity index (χ4n) is 4.63. The summed E-state index contributed by atoms with van der Waals surface area (Å²) in [5.74, 6) is -2.79. The Morgan fingerprint density at radius 3 is 2.53 bits per heavy atom. The van der Waals surface area contributed by atoms with Gasteiger partial charge < -0.3 is 14.6 Å². The number of aliphatic hydroxyl groups excluding tert-OH is 1. The van der Waals surface area contributed by atoms with Gasteiger partial charge in [0.2, 0.25) is 0 Å². The van der Waals surface area contributed by atoms with E-state index in [9.17, 15) is 17.9 Å². The van der Waals surface area contributed by atoms with Crippen molar-refractivity contribution in [2.45, 2.75) is 35.0 Å². The average molecular weight is 459 g/mol. The maximum atomic E-state index is 15.1. The SMILES string of the molecule is O=S(=O)(c1ccc(Cl)cc1)[C@@]12CCO[C@@H](CCCO)[C@@H]1COc1c(F)ccc(F)c12. The van der Waals surface area contributed by atoms with Crippen molar-refractivity contribution in [3.8, 4) is 5.75 Å². The molecule has 0 radical (unpaired) electrons. The molecule has 0 amide bonds. The third-order valence-corrected chi connectivity index (χ3v) is 8.81. The summed E-state index contributed by atoms with van der Waals surface area (Å²) < 4.78 is 67.3. The van der Waals surface area contributed by atoms with Gasteiger partial charge in [0.15, 0.2) is 21.4 Å². The molecule has 0 spiro atoms. The van der Waals surface area contributed by atoms with Crippen molar-refractivity contribution in [3.05, 3.63) is 58.6 Å². The van der Waals surface area contributed by atoms with Crippen molar-refractivity contribution in [1.82, 2.24) is 0 Å². The van der Waals surface area contributed by atoms with Gasteiger partial charge in [0.1, 0.15) is 10.6 Å². The minimum atomic E-state index is -4.20. The lowest BCUT2D eigenvalue weighted by molar-refractivity contribution is -0.0776. The summed E-state index contributed by atoms with van der Waals surface area (Å²) in [5.41, 5.74) is -0.286. The van der Waals surface area contributed by atoms with E-state index < -0.39 is 38.2 Å². The van der Waals surface area contributed by atoms with E-state index in [1.165, 1.54) is 24.3 Å². The van der Waals surface area contributed by atoms with Crippen LogP contribution in [-0.2, 0) is 19.3 Å². The van der Waals surface area contributed by atoms with Gasteiger partial charge in [-0.1, -0.05) is 11.6 Å². The van der Waals surface area contributed by atoms with Gasteiger partial charge in [0.05, 0.1) is 23.2 Å². The number of hydrogen-bond acceptors (Lipinski definition) is 5. The summed E-state index contributed by atoms with van der Waals surface area (Å²) in [5, 5.41) is 9.59. The number of sulfone groups is 1. The Morgan fingerprint density at radius 2 is 1.83 bits per heavy atom. The zero-order chi connectivity index (χ0) is 21.5. The number of rotatable bonds is 5. The largest absolute Gasteiger partial charge is 0.490 e. The highest BCUT2D eigenvalue weighted by Gasteiger charge is 2.61. The van der Waals surface area contributed by atoms with E-state index in [2.05, 4.69) is 0 Å². The van der Waals surface area contributed by atoms with Gasteiger partial charge >= 0.3 is 0 Å². The predicted molar refractivity (Wildman–Crippen MR) is 106 cm³/mol. The van der Waals surface area contributed by atoms with Gasteiger partial charge in [-0.2, -0.15) is 0 Å². The Hall–Kier alpha value is -1.74. The maximum absolute atomic E-state index is 15.1. The molecule has 4 rings (SSSR count). The fraction of sp³-hybridized carbons (Fsp3) is 0.429. The quantitative estimate of drug-likeness (QED) is 0.736. The molecule has 0 unspecified atom stereocenters. The molecule has 30 heavy (non-hydrogen) atoms. The Morgan fingerprint density at radius 1 is 1.13 bits per heavy atom. The first-order valence-electron chi connectivity index (χ1n) is 9.67. The van der Waals surface area contributed by atoms with Gasteiger partial charge in [-0.3, -0.25) is 0 Å². The first kappa shape index (κ1) is 21.5. The molecule has 2 aromatic rings. The van der Waals surface area contributed by atoms with Crippen LogP contribution in [0.5, 0.6) is 5.75 Å². The molecule has 0 saturated carbocycles. The molecule has 2 heterocycles. The number of benzene rings is 2. The molecule has 9 heteroatoms. The van der Waals surface area contributed by atoms with Gasteiger partial charge in [0.25, 0.3) is 0 Å². The second-order valence-corrected chi connectivity index (χ2v) is 10.2. The van der Waals surface area contributed by atoms with E-state index in [0.717, 1.165) is 12.1 Å². The van der Waals surface area contributed by atoms with E-state index in [-0.39, 0.29) is 42.4 Å². The predicted octanol–water partition coefficient (Wildman–Crippen LogP) is 3.86.